The maximum absolute atomic E-state index is 12.1. The largest absolute Gasteiger partial charge is 0.497 e. The highest BCUT2D eigenvalue weighted by Crippen LogP contribution is 2.27. The molecule has 0 saturated heterocycles. The van der Waals surface area contributed by atoms with Crippen molar-refractivity contribution in [3.8, 4) is 5.75 Å². The maximum atomic E-state index is 12.1. The van der Waals surface area contributed by atoms with Gasteiger partial charge in [0.15, 0.2) is 0 Å². The normalized spacial score (nSPS) is 10.1. The van der Waals surface area contributed by atoms with Gasteiger partial charge in [-0.05, 0) is 36.4 Å². The smallest absolute Gasteiger partial charge is 0.234 e. The van der Waals surface area contributed by atoms with Crippen LogP contribution in [-0.4, -0.2) is 24.7 Å². The number of carbonyl (C=O) groups is 2. The first-order chi connectivity index (χ1) is 11.6. The monoisotopic (exact) mass is 344 g/mol. The molecule has 0 aromatic heterocycles. The van der Waals surface area contributed by atoms with Crippen molar-refractivity contribution < 1.29 is 14.3 Å². The number of hydrogen-bond donors (Lipinski definition) is 2. The molecule has 0 atom stereocenters. The summed E-state index contributed by atoms with van der Waals surface area (Å²) in [6.45, 7) is 1.80. The van der Waals surface area contributed by atoms with Crippen LogP contribution in [0.15, 0.2) is 53.4 Å². The van der Waals surface area contributed by atoms with E-state index in [4.69, 9.17) is 4.74 Å². The number of benzene rings is 2. The Bertz CT molecular complexity index is 702. The third kappa shape index (κ3) is 5.31. The summed E-state index contributed by atoms with van der Waals surface area (Å²) >= 11 is 1.38. The maximum Gasteiger partial charge on any atom is 0.234 e. The number of nitrogens with one attached hydrogen (secondary N) is 2. The van der Waals surface area contributed by atoms with E-state index in [1.54, 1.807) is 38.3 Å². The number of carbonyl (C=O) groups excluding carboxylic acids is 2. The van der Waals surface area contributed by atoms with Crippen LogP contribution in [0, 0.1) is 0 Å². The summed E-state index contributed by atoms with van der Waals surface area (Å²) in [5.74, 6) is 0.834. The Kier molecular flexibility index (Phi) is 6.69. The zero-order valence-corrected chi connectivity index (χ0v) is 14.5. The van der Waals surface area contributed by atoms with Crippen LogP contribution in [0.5, 0.6) is 5.75 Å². The first-order valence-electron chi connectivity index (χ1n) is 7.58. The second-order valence-corrected chi connectivity index (χ2v) is 5.98. The lowest BCUT2D eigenvalue weighted by molar-refractivity contribution is -0.116. The van der Waals surface area contributed by atoms with Crippen molar-refractivity contribution in [2.45, 2.75) is 18.2 Å². The average molecular weight is 344 g/mol. The zero-order chi connectivity index (χ0) is 17.4. The fraction of sp³-hybridized carbons (Fsp3) is 0.222. The molecule has 24 heavy (non-hydrogen) atoms. The van der Waals surface area contributed by atoms with E-state index < -0.39 is 0 Å². The lowest BCUT2D eigenvalue weighted by Gasteiger charge is -2.10. The van der Waals surface area contributed by atoms with E-state index in [1.807, 2.05) is 24.3 Å². The molecule has 0 fully saturated rings. The summed E-state index contributed by atoms with van der Waals surface area (Å²) in [4.78, 5) is 24.5. The topological polar surface area (TPSA) is 67.4 Å². The highest BCUT2D eigenvalue weighted by atomic mass is 32.2. The molecule has 0 heterocycles. The summed E-state index contributed by atoms with van der Waals surface area (Å²) < 4.78 is 5.08. The quantitative estimate of drug-likeness (QED) is 0.750. The van der Waals surface area contributed by atoms with Crippen molar-refractivity contribution >= 4 is 35.0 Å². The van der Waals surface area contributed by atoms with E-state index >= 15 is 0 Å². The summed E-state index contributed by atoms with van der Waals surface area (Å²) in [6.07, 6.45) is 0.414. The number of methoxy groups -OCH3 is 1. The van der Waals surface area contributed by atoms with Gasteiger partial charge < -0.3 is 15.4 Å². The van der Waals surface area contributed by atoms with Gasteiger partial charge in [0.2, 0.25) is 11.8 Å². The van der Waals surface area contributed by atoms with E-state index in [-0.39, 0.29) is 17.6 Å². The van der Waals surface area contributed by atoms with Crippen LogP contribution in [0.1, 0.15) is 13.3 Å². The molecular weight excluding hydrogens is 324 g/mol. The Morgan fingerprint density at radius 3 is 2.38 bits per heavy atom. The first-order valence-corrected chi connectivity index (χ1v) is 8.56. The van der Waals surface area contributed by atoms with Gasteiger partial charge in [0.05, 0.1) is 18.6 Å². The van der Waals surface area contributed by atoms with Gasteiger partial charge in [-0.3, -0.25) is 9.59 Å². The van der Waals surface area contributed by atoms with Crippen molar-refractivity contribution in [3.63, 3.8) is 0 Å². The standard InChI is InChI=1S/C18H20N2O3S/c1-3-17(21)20-15-6-4-5-7-16(15)24-12-18(22)19-13-8-10-14(23-2)11-9-13/h4-11H,3,12H2,1-2H3,(H,19,22)(H,20,21). The summed E-state index contributed by atoms with van der Waals surface area (Å²) in [5, 5.41) is 5.67. The van der Waals surface area contributed by atoms with Gasteiger partial charge in [-0.2, -0.15) is 0 Å². The minimum Gasteiger partial charge on any atom is -0.497 e. The van der Waals surface area contributed by atoms with Gasteiger partial charge in [-0.25, -0.2) is 0 Å². The molecule has 6 heteroatoms. The van der Waals surface area contributed by atoms with Crippen LogP contribution in [0.25, 0.3) is 0 Å². The third-order valence-corrected chi connectivity index (χ3v) is 4.29. The first kappa shape index (κ1) is 17.9. The van der Waals surface area contributed by atoms with Gasteiger partial charge in [0.1, 0.15) is 5.75 Å². The van der Waals surface area contributed by atoms with Gasteiger partial charge in [0.25, 0.3) is 0 Å². The molecule has 0 spiro atoms. The number of ether oxygens (including phenoxy) is 1. The van der Waals surface area contributed by atoms with Gasteiger partial charge >= 0.3 is 0 Å². The molecule has 2 amide bonds. The number of para-hydroxylation sites is 1. The summed E-state index contributed by atoms with van der Waals surface area (Å²) in [5.41, 5.74) is 1.44. The Labute approximate surface area is 145 Å². The molecule has 0 aliphatic carbocycles. The molecule has 0 bridgehead atoms. The predicted octanol–water partition coefficient (Wildman–Crippen LogP) is 3.77. The van der Waals surface area contributed by atoms with E-state index in [1.165, 1.54) is 11.8 Å². The van der Waals surface area contributed by atoms with Crippen molar-refractivity contribution in [2.75, 3.05) is 23.5 Å². The SMILES string of the molecule is CCC(=O)Nc1ccccc1SCC(=O)Nc1ccc(OC)cc1. The van der Waals surface area contributed by atoms with Crippen molar-refractivity contribution in [2.24, 2.45) is 0 Å². The molecule has 2 aromatic rings. The molecule has 0 unspecified atom stereocenters. The molecule has 2 rings (SSSR count). The minimum atomic E-state index is -0.109. The number of amides is 2. The van der Waals surface area contributed by atoms with Crippen LogP contribution in [-0.2, 0) is 9.59 Å². The fourth-order valence-corrected chi connectivity index (χ4v) is 2.76. The molecule has 126 valence electrons. The number of anilines is 2. The lowest BCUT2D eigenvalue weighted by Crippen LogP contribution is -2.14. The molecular formula is C18H20N2O3S. The predicted molar refractivity (Wildman–Crippen MR) is 97.7 cm³/mol. The number of thioether (sulfide) groups is 1. The van der Waals surface area contributed by atoms with Gasteiger partial charge in [0, 0.05) is 17.0 Å². The number of rotatable bonds is 7. The van der Waals surface area contributed by atoms with Crippen LogP contribution >= 0.6 is 11.8 Å². The molecule has 2 N–H and O–H groups in total. The molecule has 0 aliphatic rings. The van der Waals surface area contributed by atoms with Crippen molar-refractivity contribution in [1.29, 1.82) is 0 Å². The third-order valence-electron chi connectivity index (χ3n) is 3.21. The summed E-state index contributed by atoms with van der Waals surface area (Å²) in [7, 11) is 1.60. The Morgan fingerprint density at radius 2 is 1.71 bits per heavy atom. The van der Waals surface area contributed by atoms with E-state index in [0.717, 1.165) is 16.3 Å². The van der Waals surface area contributed by atoms with Crippen LogP contribution in [0.4, 0.5) is 11.4 Å². The second kappa shape index (κ2) is 8.98. The highest BCUT2D eigenvalue weighted by molar-refractivity contribution is 8.00. The molecule has 5 nitrogen and oxygen atoms in total. The fourth-order valence-electron chi connectivity index (χ4n) is 1.95. The highest BCUT2D eigenvalue weighted by Gasteiger charge is 2.09. The molecule has 0 radical (unpaired) electrons. The Morgan fingerprint density at radius 1 is 1.00 bits per heavy atom. The van der Waals surface area contributed by atoms with Crippen LogP contribution in [0.3, 0.4) is 0 Å². The zero-order valence-electron chi connectivity index (χ0n) is 13.7. The van der Waals surface area contributed by atoms with Crippen molar-refractivity contribution in [1.82, 2.24) is 0 Å². The van der Waals surface area contributed by atoms with Crippen LogP contribution < -0.4 is 15.4 Å². The van der Waals surface area contributed by atoms with Gasteiger partial charge in [-0.15, -0.1) is 11.8 Å². The minimum absolute atomic E-state index is 0.0502. The Hall–Kier alpha value is -2.47. The second-order valence-electron chi connectivity index (χ2n) is 4.96. The molecule has 2 aromatic carbocycles. The summed E-state index contributed by atoms with van der Waals surface area (Å²) in [6, 6.07) is 14.6. The molecule has 0 saturated carbocycles. The van der Waals surface area contributed by atoms with Crippen LogP contribution in [0.2, 0.25) is 0 Å². The Balaban J connectivity index is 1.92. The van der Waals surface area contributed by atoms with E-state index in [9.17, 15) is 9.59 Å². The molecule has 0 aliphatic heterocycles. The van der Waals surface area contributed by atoms with E-state index in [0.29, 0.717) is 12.1 Å². The van der Waals surface area contributed by atoms with Gasteiger partial charge in [-0.1, -0.05) is 19.1 Å². The van der Waals surface area contributed by atoms with E-state index in [2.05, 4.69) is 10.6 Å². The number of hydrogen-bond acceptors (Lipinski definition) is 4. The lowest BCUT2D eigenvalue weighted by atomic mass is 10.3. The average Bonchev–Trinajstić information content (AvgIpc) is 2.61. The van der Waals surface area contributed by atoms with Crippen molar-refractivity contribution in [3.05, 3.63) is 48.5 Å².